The molecule has 1 heterocycles. The van der Waals surface area contributed by atoms with Crippen LogP contribution in [0.3, 0.4) is 0 Å². The van der Waals surface area contributed by atoms with Crippen LogP contribution in [0.5, 0.6) is 5.88 Å². The van der Waals surface area contributed by atoms with Gasteiger partial charge in [-0.15, -0.1) is 0 Å². The van der Waals surface area contributed by atoms with E-state index in [0.29, 0.717) is 5.56 Å². The van der Waals surface area contributed by atoms with Crippen LogP contribution >= 0.6 is 0 Å². The number of fused-ring (bicyclic) bond motifs is 1. The number of rotatable bonds is 8. The second-order valence-electron chi connectivity index (χ2n) is 8.44. The lowest BCUT2D eigenvalue weighted by molar-refractivity contribution is 0.0696. The zero-order valence-corrected chi connectivity index (χ0v) is 17.5. The van der Waals surface area contributed by atoms with Gasteiger partial charge in [0.15, 0.2) is 0 Å². The number of esters is 1. The summed E-state index contributed by atoms with van der Waals surface area (Å²) in [5.74, 6) is -1.39. The number of hydrogen-bond donors (Lipinski definition) is 1. The van der Waals surface area contributed by atoms with Crippen LogP contribution in [0.25, 0.3) is 0 Å². The van der Waals surface area contributed by atoms with Gasteiger partial charge in [0, 0.05) is 12.3 Å². The number of carboxylic acids is 1. The Morgan fingerprint density at radius 1 is 1.17 bits per heavy atom. The number of hydrogen-bond acceptors (Lipinski definition) is 4. The van der Waals surface area contributed by atoms with Gasteiger partial charge in [0.25, 0.3) is 0 Å². The van der Waals surface area contributed by atoms with Crippen molar-refractivity contribution >= 4 is 11.9 Å². The molecule has 0 bridgehead atoms. The van der Waals surface area contributed by atoms with E-state index >= 15 is 0 Å². The van der Waals surface area contributed by atoms with Crippen molar-refractivity contribution in [3.05, 3.63) is 58.3 Å². The number of carboxylic acid groups (broad SMARTS) is 1. The van der Waals surface area contributed by atoms with Gasteiger partial charge in [-0.05, 0) is 59.9 Å². The van der Waals surface area contributed by atoms with Gasteiger partial charge in [-0.3, -0.25) is 0 Å². The minimum atomic E-state index is -1.06. The van der Waals surface area contributed by atoms with E-state index in [-0.39, 0.29) is 16.9 Å². The Balaban J connectivity index is 1.86. The molecular weight excluding hydrogens is 366 g/mol. The number of pyridine rings is 1. The Hall–Kier alpha value is -2.69. The van der Waals surface area contributed by atoms with Gasteiger partial charge in [0.05, 0.1) is 11.1 Å². The molecular formula is C24H29NO4. The second kappa shape index (κ2) is 8.76. The van der Waals surface area contributed by atoms with Crippen LogP contribution in [-0.4, -0.2) is 22.0 Å². The topological polar surface area (TPSA) is 76.5 Å². The summed E-state index contributed by atoms with van der Waals surface area (Å²) in [7, 11) is 0. The Morgan fingerprint density at radius 2 is 1.97 bits per heavy atom. The van der Waals surface area contributed by atoms with Crippen LogP contribution in [0.15, 0.2) is 30.5 Å². The van der Waals surface area contributed by atoms with Crippen molar-refractivity contribution in [1.82, 2.24) is 4.98 Å². The standard InChI is InChI=1S/C24H29NO4/c1-4-5-6-7-8-16-13-17-11-12-24(2,3)20(17)14-19(16)23(28)29-21-10-9-18(15-25-21)22(26)27/h9-10,13-15H,4-8,11-12H2,1-3H3,(H,26,27). The normalized spacial score (nSPS) is 14.4. The maximum absolute atomic E-state index is 13.0. The first-order valence-corrected chi connectivity index (χ1v) is 10.4. The van der Waals surface area contributed by atoms with Crippen molar-refractivity contribution in [2.24, 2.45) is 0 Å². The Kier molecular flexibility index (Phi) is 6.36. The second-order valence-corrected chi connectivity index (χ2v) is 8.44. The molecule has 1 aliphatic rings. The summed E-state index contributed by atoms with van der Waals surface area (Å²) in [4.78, 5) is 27.9. The molecule has 5 heteroatoms. The predicted octanol–water partition coefficient (Wildman–Crippen LogP) is 5.35. The fraction of sp³-hybridized carbons (Fsp3) is 0.458. The average Bonchev–Trinajstić information content (AvgIpc) is 2.99. The van der Waals surface area contributed by atoms with Crippen LogP contribution in [-0.2, 0) is 18.3 Å². The molecule has 1 aliphatic carbocycles. The molecule has 154 valence electrons. The molecule has 0 fully saturated rings. The fourth-order valence-electron chi connectivity index (χ4n) is 3.97. The highest BCUT2D eigenvalue weighted by Gasteiger charge is 2.32. The van der Waals surface area contributed by atoms with E-state index in [9.17, 15) is 9.59 Å². The van der Waals surface area contributed by atoms with Gasteiger partial charge < -0.3 is 9.84 Å². The Bertz CT molecular complexity index is 900. The fourth-order valence-corrected chi connectivity index (χ4v) is 3.97. The largest absolute Gasteiger partial charge is 0.478 e. The molecule has 0 saturated heterocycles. The smallest absolute Gasteiger partial charge is 0.345 e. The maximum Gasteiger partial charge on any atom is 0.345 e. The van der Waals surface area contributed by atoms with E-state index in [1.165, 1.54) is 42.3 Å². The van der Waals surface area contributed by atoms with Gasteiger partial charge >= 0.3 is 11.9 Å². The van der Waals surface area contributed by atoms with Crippen LogP contribution in [0.2, 0.25) is 0 Å². The number of aromatic nitrogens is 1. The first-order valence-electron chi connectivity index (χ1n) is 10.4. The molecule has 0 unspecified atom stereocenters. The van der Waals surface area contributed by atoms with Crippen LogP contribution in [0.1, 0.15) is 90.3 Å². The first kappa shape index (κ1) is 21.0. The summed E-state index contributed by atoms with van der Waals surface area (Å²) in [6, 6.07) is 6.99. The van der Waals surface area contributed by atoms with Crippen molar-refractivity contribution in [2.75, 3.05) is 0 Å². The monoisotopic (exact) mass is 395 g/mol. The van der Waals surface area contributed by atoms with Crippen molar-refractivity contribution in [1.29, 1.82) is 0 Å². The number of aromatic carboxylic acids is 1. The molecule has 0 atom stereocenters. The van der Waals surface area contributed by atoms with E-state index in [1.54, 1.807) is 0 Å². The Labute approximate surface area is 172 Å². The van der Waals surface area contributed by atoms with E-state index in [4.69, 9.17) is 9.84 Å². The van der Waals surface area contributed by atoms with Crippen LogP contribution in [0.4, 0.5) is 0 Å². The highest BCUT2D eigenvalue weighted by molar-refractivity contribution is 5.93. The lowest BCUT2D eigenvalue weighted by atomic mass is 9.84. The number of carbonyl (C=O) groups excluding carboxylic acids is 1. The average molecular weight is 395 g/mol. The summed E-state index contributed by atoms with van der Waals surface area (Å²) in [5, 5.41) is 8.98. The zero-order valence-electron chi connectivity index (χ0n) is 17.5. The van der Waals surface area contributed by atoms with E-state index < -0.39 is 11.9 Å². The third-order valence-corrected chi connectivity index (χ3v) is 5.78. The maximum atomic E-state index is 13.0. The van der Waals surface area contributed by atoms with Crippen LogP contribution < -0.4 is 4.74 Å². The summed E-state index contributed by atoms with van der Waals surface area (Å²) >= 11 is 0. The summed E-state index contributed by atoms with van der Waals surface area (Å²) < 4.78 is 5.49. The van der Waals surface area contributed by atoms with Gasteiger partial charge in [-0.1, -0.05) is 46.1 Å². The molecule has 5 nitrogen and oxygen atoms in total. The molecule has 29 heavy (non-hydrogen) atoms. The van der Waals surface area contributed by atoms with Crippen LogP contribution in [0, 0.1) is 0 Å². The zero-order chi connectivity index (χ0) is 21.0. The molecule has 1 aromatic carbocycles. The highest BCUT2D eigenvalue weighted by atomic mass is 16.5. The molecule has 0 spiro atoms. The number of benzene rings is 1. The minimum Gasteiger partial charge on any atom is -0.478 e. The quantitative estimate of drug-likeness (QED) is 0.482. The third kappa shape index (κ3) is 4.84. The molecule has 0 saturated carbocycles. The van der Waals surface area contributed by atoms with E-state index in [1.807, 2.05) is 6.07 Å². The number of nitrogens with zero attached hydrogens (tertiary/aromatic N) is 1. The summed E-state index contributed by atoms with van der Waals surface area (Å²) in [6.07, 6.45) is 8.72. The number of ether oxygens (including phenoxy) is 1. The molecule has 1 aromatic heterocycles. The molecule has 0 radical (unpaired) electrons. The van der Waals surface area contributed by atoms with Crippen molar-refractivity contribution in [2.45, 2.75) is 71.1 Å². The number of carbonyl (C=O) groups is 2. The van der Waals surface area contributed by atoms with Crippen molar-refractivity contribution < 1.29 is 19.4 Å². The highest BCUT2D eigenvalue weighted by Crippen LogP contribution is 2.40. The van der Waals surface area contributed by atoms with Gasteiger partial charge in [0.1, 0.15) is 0 Å². The van der Waals surface area contributed by atoms with Crippen molar-refractivity contribution in [3.8, 4) is 5.88 Å². The lowest BCUT2D eigenvalue weighted by Gasteiger charge is -2.20. The predicted molar refractivity (Wildman–Crippen MR) is 112 cm³/mol. The SMILES string of the molecule is CCCCCCc1cc2c(cc1C(=O)Oc1ccc(C(=O)O)cn1)C(C)(C)CC2. The van der Waals surface area contributed by atoms with Gasteiger partial charge in [0.2, 0.25) is 5.88 Å². The van der Waals surface area contributed by atoms with E-state index in [2.05, 4.69) is 31.8 Å². The molecule has 3 rings (SSSR count). The molecule has 0 amide bonds. The summed E-state index contributed by atoms with van der Waals surface area (Å²) in [6.45, 7) is 6.60. The summed E-state index contributed by atoms with van der Waals surface area (Å²) in [5.41, 5.74) is 4.29. The van der Waals surface area contributed by atoms with E-state index in [0.717, 1.165) is 37.7 Å². The third-order valence-electron chi connectivity index (χ3n) is 5.78. The number of unbranched alkanes of at least 4 members (excludes halogenated alkanes) is 3. The molecule has 0 aliphatic heterocycles. The minimum absolute atomic E-state index is 0.0481. The van der Waals surface area contributed by atoms with Gasteiger partial charge in [-0.25, -0.2) is 14.6 Å². The van der Waals surface area contributed by atoms with Gasteiger partial charge in [-0.2, -0.15) is 0 Å². The Morgan fingerprint density at radius 3 is 2.62 bits per heavy atom. The molecule has 1 N–H and O–H groups in total. The van der Waals surface area contributed by atoms with Crippen molar-refractivity contribution in [3.63, 3.8) is 0 Å². The first-order chi connectivity index (χ1) is 13.8. The molecule has 2 aromatic rings. The number of aryl methyl sites for hydroxylation is 2. The lowest BCUT2D eigenvalue weighted by Crippen LogP contribution is -2.17.